The van der Waals surface area contributed by atoms with E-state index in [1.165, 1.54) is 6.20 Å². The van der Waals surface area contributed by atoms with E-state index in [9.17, 15) is 88.2 Å². The Labute approximate surface area is 595 Å². The molecule has 3 aromatic heterocycles. The minimum Gasteiger partial charge on any atom is -0.481 e. The first-order valence-corrected chi connectivity index (χ1v) is 34.1. The number of carbonyl (C=O) groups excluding carboxylic acids is 10. The fourth-order valence-corrected chi connectivity index (χ4v) is 11.4. The number of para-hydroxylation sites is 3. The Hall–Kier alpha value is -10.5. The van der Waals surface area contributed by atoms with Gasteiger partial charge in [-0.05, 0) is 94.3 Å². The summed E-state index contributed by atoms with van der Waals surface area (Å²) in [5.74, 6) is -14.7. The quantitative estimate of drug-likeness (QED) is 0.0142. The number of amides is 10. The molecule has 6 aromatic rings. The number of carboxylic acids is 3. The summed E-state index contributed by atoms with van der Waals surface area (Å²) in [4.78, 5) is 188. The van der Waals surface area contributed by atoms with Gasteiger partial charge in [0.1, 0.15) is 54.4 Å². The van der Waals surface area contributed by atoms with Crippen molar-refractivity contribution in [1.29, 1.82) is 0 Å². The van der Waals surface area contributed by atoms with E-state index in [4.69, 9.17) is 11.5 Å². The van der Waals surface area contributed by atoms with E-state index in [-0.39, 0.29) is 38.0 Å². The maximum atomic E-state index is 15.2. The molecule has 10 amide bonds. The summed E-state index contributed by atoms with van der Waals surface area (Å²) in [5, 5.41) is 88.5. The van der Waals surface area contributed by atoms with Gasteiger partial charge in [-0.3, -0.25) is 62.3 Å². The van der Waals surface area contributed by atoms with Crippen molar-refractivity contribution in [1.82, 2.24) is 68.1 Å². The van der Waals surface area contributed by atoms with Gasteiger partial charge < -0.3 is 110 Å². The van der Waals surface area contributed by atoms with Gasteiger partial charge in [-0.25, -0.2) is 0 Å². The van der Waals surface area contributed by atoms with Crippen LogP contribution in [0.4, 0.5) is 0 Å². The predicted molar refractivity (Wildman–Crippen MR) is 377 cm³/mol. The highest BCUT2D eigenvalue weighted by molar-refractivity contribution is 7.80. The zero-order valence-corrected chi connectivity index (χ0v) is 57.8. The van der Waals surface area contributed by atoms with Gasteiger partial charge >= 0.3 is 17.9 Å². The molecule has 34 nitrogen and oxygen atoms in total. The van der Waals surface area contributed by atoms with Crippen LogP contribution in [0.3, 0.4) is 0 Å². The molecule has 35 heteroatoms. The highest BCUT2D eigenvalue weighted by atomic mass is 32.1. The SMILES string of the molecule is C[C@@H](O)[C@H](NC(=O)[C@H](Cc1c[nH]c2ccccc12)NC(=O)[C@H](Cc1c[nH]c2ccccc12)NC(=O)[C@@H](NC(=O)[C@H](CCC(=O)O)NC(=O)[C@H](Cc1c[nH]c2ccccc12)NC(=O)[C@@H](NC(=O)[C@H](CCC(=O)O)NC(=O)[C@@H](N)CCCCN)[C@@H](C)O)[C@@H](C)O)C(=O)N[C@@H](CCC(=O)O)C(=O)NCCS. The number of aromatic amines is 3. The fraction of sp³-hybridized carbons (Fsp3) is 0.456. The molecule has 0 saturated heterocycles. The number of rotatable bonds is 43. The number of carboxylic acid groups (broad SMARTS) is 3. The fourth-order valence-electron chi connectivity index (χ4n) is 11.3. The molecule has 0 radical (unpaired) electrons. The number of hydrogen-bond acceptors (Lipinski definition) is 19. The third kappa shape index (κ3) is 24.4. The molecule has 3 aromatic carbocycles. The van der Waals surface area contributed by atoms with Crippen LogP contribution in [-0.4, -0.2) is 220 Å². The van der Waals surface area contributed by atoms with Crippen molar-refractivity contribution < 1.29 is 93.0 Å². The summed E-state index contributed by atoms with van der Waals surface area (Å²) in [7, 11) is 0. The molecule has 558 valence electrons. The average Bonchev–Trinajstić information content (AvgIpc) is 1.71. The minimum atomic E-state index is -2.03. The van der Waals surface area contributed by atoms with Crippen LogP contribution in [0.1, 0.15) is 95.2 Å². The van der Waals surface area contributed by atoms with Crippen LogP contribution in [0.2, 0.25) is 0 Å². The third-order valence-electron chi connectivity index (χ3n) is 16.9. The molecule has 0 saturated carbocycles. The van der Waals surface area contributed by atoms with Gasteiger partial charge in [0.05, 0.1) is 24.4 Å². The summed E-state index contributed by atoms with van der Waals surface area (Å²) < 4.78 is 0. The molecular formula is C68H91N15O19S. The van der Waals surface area contributed by atoms with Crippen molar-refractivity contribution >= 4 is 122 Å². The van der Waals surface area contributed by atoms with Crippen molar-refractivity contribution in [2.45, 2.75) is 177 Å². The summed E-state index contributed by atoms with van der Waals surface area (Å²) in [6.07, 6.45) is -4.13. The first kappa shape index (κ1) is 81.5. The average molecular weight is 1450 g/mol. The van der Waals surface area contributed by atoms with Gasteiger partial charge in [0, 0.05) is 102 Å². The van der Waals surface area contributed by atoms with Crippen LogP contribution < -0.4 is 64.6 Å². The summed E-state index contributed by atoms with van der Waals surface area (Å²) >= 11 is 4.07. The van der Waals surface area contributed by atoms with E-state index in [0.717, 1.165) is 20.8 Å². The first-order chi connectivity index (χ1) is 49.0. The summed E-state index contributed by atoms with van der Waals surface area (Å²) in [5.41, 5.74) is 14.7. The Morgan fingerprint density at radius 3 is 1.02 bits per heavy atom. The van der Waals surface area contributed by atoms with Gasteiger partial charge in [0.2, 0.25) is 59.1 Å². The van der Waals surface area contributed by atoms with Gasteiger partial charge in [-0.2, -0.15) is 12.6 Å². The van der Waals surface area contributed by atoms with Crippen LogP contribution in [0.5, 0.6) is 0 Å². The van der Waals surface area contributed by atoms with Gasteiger partial charge in [-0.15, -0.1) is 0 Å². The standard InChI is InChI=1S/C68H91N15O19S/c1-34(84)56(66(100)77-47(19-22-53(87)88)60(94)71-26-27-103)83-65(99)52(30-39-33-74-46-18-9-6-14-42(39)46)78-64(98)51(29-38-32-73-45-17-8-5-13-41(38)45)80-68(102)58(36(3)86)82-62(96)49(21-24-55(91)92)76-63(97)50(28-37-31-72-44-16-7-4-12-40(37)44)79-67(101)57(35(2)85)81-61(95)48(20-23-54(89)90)75-59(93)43(70)15-10-11-25-69/h4-9,12-14,16-18,31-36,43,47-52,56-58,72-74,84-86,103H,10-11,15,19-30,69-70H2,1-3H3,(H,71,94)(H,75,93)(H,76,97)(H,77,100)(H,78,98)(H,79,101)(H,80,102)(H,81,95)(H,82,96)(H,83,99)(H,87,88)(H,89,90)(H,91,92)/t34-,35-,36-,43+,47+,48+,49+,50+,51+,52+,56+,57+,58+/m1/s1. The predicted octanol–water partition coefficient (Wildman–Crippen LogP) is -2.24. The van der Waals surface area contributed by atoms with E-state index >= 15 is 4.79 Å². The van der Waals surface area contributed by atoms with Crippen molar-refractivity contribution in [3.8, 4) is 0 Å². The molecule has 0 unspecified atom stereocenters. The van der Waals surface area contributed by atoms with Crippen LogP contribution in [-0.2, 0) is 81.6 Å². The van der Waals surface area contributed by atoms with E-state index in [1.807, 2.05) is 0 Å². The van der Waals surface area contributed by atoms with E-state index in [1.54, 1.807) is 85.2 Å². The Balaban J connectivity index is 1.30. The number of carbonyl (C=O) groups is 13. The molecule has 0 aliphatic heterocycles. The minimum absolute atomic E-state index is 0.0426. The Morgan fingerprint density at radius 1 is 0.398 bits per heavy atom. The molecule has 0 aliphatic rings. The molecule has 0 spiro atoms. The number of nitrogens with one attached hydrogen (secondary N) is 13. The largest absolute Gasteiger partial charge is 0.481 e. The Kier molecular flexibility index (Phi) is 31.4. The van der Waals surface area contributed by atoms with E-state index < -0.39 is 194 Å². The first-order valence-electron chi connectivity index (χ1n) is 33.4. The second-order valence-electron chi connectivity index (χ2n) is 24.9. The number of nitrogens with two attached hydrogens (primary N) is 2. The number of aliphatic hydroxyl groups is 3. The topological polar surface area (TPSA) is 563 Å². The number of fused-ring (bicyclic) bond motifs is 3. The van der Waals surface area contributed by atoms with E-state index in [0.29, 0.717) is 68.8 Å². The molecule has 0 fully saturated rings. The van der Waals surface area contributed by atoms with Crippen molar-refractivity contribution in [2.75, 3.05) is 18.8 Å². The molecular weight excluding hydrogens is 1360 g/mol. The molecule has 3 heterocycles. The molecule has 6 rings (SSSR count). The zero-order chi connectivity index (χ0) is 75.6. The van der Waals surface area contributed by atoms with Crippen molar-refractivity contribution in [3.63, 3.8) is 0 Å². The smallest absolute Gasteiger partial charge is 0.303 e. The second-order valence-corrected chi connectivity index (χ2v) is 25.4. The number of hydrogen-bond donors (Lipinski definition) is 22. The molecule has 103 heavy (non-hydrogen) atoms. The van der Waals surface area contributed by atoms with Crippen LogP contribution in [0.25, 0.3) is 32.7 Å². The monoisotopic (exact) mass is 1450 g/mol. The van der Waals surface area contributed by atoms with Crippen molar-refractivity contribution in [2.24, 2.45) is 11.5 Å². The number of H-pyrrole nitrogens is 3. The molecule has 0 aliphatic carbocycles. The van der Waals surface area contributed by atoms with Crippen LogP contribution >= 0.6 is 12.6 Å². The van der Waals surface area contributed by atoms with Gasteiger partial charge in [-0.1, -0.05) is 61.0 Å². The van der Waals surface area contributed by atoms with Crippen LogP contribution in [0.15, 0.2) is 91.4 Å². The van der Waals surface area contributed by atoms with E-state index in [2.05, 4.69) is 80.7 Å². The number of thiol groups is 1. The van der Waals surface area contributed by atoms with Crippen LogP contribution in [0, 0.1) is 0 Å². The maximum absolute atomic E-state index is 15.2. The highest BCUT2D eigenvalue weighted by Gasteiger charge is 2.39. The lowest BCUT2D eigenvalue weighted by Crippen LogP contribution is -2.63. The number of benzene rings is 3. The van der Waals surface area contributed by atoms with Gasteiger partial charge in [0.25, 0.3) is 0 Å². The highest BCUT2D eigenvalue weighted by Crippen LogP contribution is 2.23. The number of aromatic nitrogens is 3. The second kappa shape index (κ2) is 39.7. The number of aliphatic hydroxyl groups excluding tert-OH is 3. The Morgan fingerprint density at radius 2 is 0.689 bits per heavy atom. The Bertz CT molecular complexity index is 3970. The molecule has 0 bridgehead atoms. The lowest BCUT2D eigenvalue weighted by Gasteiger charge is -2.29. The normalized spacial score (nSPS) is 15.2. The summed E-state index contributed by atoms with van der Waals surface area (Å²) in [6, 6.07) is 3.57. The van der Waals surface area contributed by atoms with Gasteiger partial charge in [0.15, 0.2) is 0 Å². The third-order valence-corrected chi connectivity index (χ3v) is 17.2. The van der Waals surface area contributed by atoms with Crippen molar-refractivity contribution in [3.05, 3.63) is 108 Å². The number of unbranched alkanes of at least 4 members (excludes halogenated alkanes) is 1. The number of aliphatic carboxylic acids is 3. The summed E-state index contributed by atoms with van der Waals surface area (Å²) in [6.45, 7) is 3.72. The zero-order valence-electron chi connectivity index (χ0n) is 56.9. The maximum Gasteiger partial charge on any atom is 0.303 e. The molecule has 13 atom stereocenters. The molecule has 23 N–H and O–H groups in total. The lowest BCUT2D eigenvalue weighted by atomic mass is 10.00. The lowest BCUT2D eigenvalue weighted by molar-refractivity contribution is -0.140.